The first kappa shape index (κ1) is 12.5. The average molecular weight is 222 g/mol. The van der Waals surface area contributed by atoms with Gasteiger partial charge in [0.1, 0.15) is 0 Å². The molecule has 1 aromatic rings. The van der Waals surface area contributed by atoms with E-state index in [9.17, 15) is 4.79 Å². The minimum absolute atomic E-state index is 0.146. The molecule has 0 fully saturated rings. The average Bonchev–Trinajstić information content (AvgIpc) is 2.16. The molecule has 0 bridgehead atoms. The lowest BCUT2D eigenvalue weighted by Crippen LogP contribution is -2.23. The highest BCUT2D eigenvalue weighted by atomic mass is 16.4. The number of benzene rings is 1. The van der Waals surface area contributed by atoms with Crippen LogP contribution in [-0.2, 0) is 12.8 Å². The summed E-state index contributed by atoms with van der Waals surface area (Å²) in [6.45, 7) is 2.41. The van der Waals surface area contributed by atoms with Crippen molar-refractivity contribution in [1.29, 1.82) is 0 Å². The van der Waals surface area contributed by atoms with Gasteiger partial charge in [0.15, 0.2) is 0 Å². The highest BCUT2D eigenvalue weighted by molar-refractivity contribution is 5.64. The van der Waals surface area contributed by atoms with E-state index in [1.54, 1.807) is 0 Å². The summed E-state index contributed by atoms with van der Waals surface area (Å²) in [5, 5.41) is 10.8. The molecule has 1 atom stereocenters. The van der Waals surface area contributed by atoms with Crippen LogP contribution in [0.5, 0.6) is 0 Å². The van der Waals surface area contributed by atoms with Crippen LogP contribution in [0.3, 0.4) is 0 Å². The van der Waals surface area contributed by atoms with Gasteiger partial charge >= 0.3 is 6.09 Å². The fraction of sp³-hybridized carbons (Fsp3) is 0.417. The molecule has 1 aromatic carbocycles. The third-order valence-corrected chi connectivity index (χ3v) is 2.24. The lowest BCUT2D eigenvalue weighted by atomic mass is 10.0. The highest BCUT2D eigenvalue weighted by Crippen LogP contribution is 2.07. The predicted octanol–water partition coefficient (Wildman–Crippen LogP) is 1.39. The minimum atomic E-state index is -0.980. The Labute approximate surface area is 95.5 Å². The molecule has 1 amide bonds. The molecule has 0 aromatic heterocycles. The quantitative estimate of drug-likeness (QED) is 0.704. The Morgan fingerprint density at radius 2 is 2.19 bits per heavy atom. The number of nitrogens with one attached hydrogen (secondary N) is 1. The maximum atomic E-state index is 10.3. The second-order valence-electron chi connectivity index (χ2n) is 3.98. The summed E-state index contributed by atoms with van der Waals surface area (Å²) >= 11 is 0. The molecule has 0 aliphatic heterocycles. The van der Waals surface area contributed by atoms with Crippen LogP contribution in [0.15, 0.2) is 24.3 Å². The van der Waals surface area contributed by atoms with Crippen molar-refractivity contribution in [3.63, 3.8) is 0 Å². The SMILES string of the molecule is C[C@H](N)Cc1cccc(CCNC(=O)O)c1. The van der Waals surface area contributed by atoms with Gasteiger partial charge in [-0.05, 0) is 30.9 Å². The van der Waals surface area contributed by atoms with Crippen molar-refractivity contribution in [1.82, 2.24) is 5.32 Å². The first-order valence-electron chi connectivity index (χ1n) is 5.38. The molecule has 0 unspecified atom stereocenters. The first-order chi connectivity index (χ1) is 7.58. The molecular formula is C12H18N2O2. The normalized spacial score (nSPS) is 12.1. The van der Waals surface area contributed by atoms with Gasteiger partial charge in [0.05, 0.1) is 0 Å². The van der Waals surface area contributed by atoms with E-state index in [0.29, 0.717) is 13.0 Å². The van der Waals surface area contributed by atoms with Crippen molar-refractivity contribution in [2.24, 2.45) is 5.73 Å². The van der Waals surface area contributed by atoms with Crippen molar-refractivity contribution in [2.45, 2.75) is 25.8 Å². The van der Waals surface area contributed by atoms with E-state index in [2.05, 4.69) is 11.4 Å². The van der Waals surface area contributed by atoms with Crippen LogP contribution in [0.2, 0.25) is 0 Å². The van der Waals surface area contributed by atoms with Crippen LogP contribution in [0, 0.1) is 0 Å². The molecule has 4 nitrogen and oxygen atoms in total. The van der Waals surface area contributed by atoms with Crippen LogP contribution in [0.25, 0.3) is 0 Å². The number of carboxylic acid groups (broad SMARTS) is 1. The minimum Gasteiger partial charge on any atom is -0.465 e. The zero-order valence-electron chi connectivity index (χ0n) is 9.44. The summed E-state index contributed by atoms with van der Waals surface area (Å²) in [6, 6.07) is 8.24. The third kappa shape index (κ3) is 4.79. The van der Waals surface area contributed by atoms with E-state index >= 15 is 0 Å². The number of hydrogen-bond donors (Lipinski definition) is 3. The second kappa shape index (κ2) is 6.12. The smallest absolute Gasteiger partial charge is 0.404 e. The van der Waals surface area contributed by atoms with Gasteiger partial charge in [-0.15, -0.1) is 0 Å². The largest absolute Gasteiger partial charge is 0.465 e. The van der Waals surface area contributed by atoms with Gasteiger partial charge in [0, 0.05) is 12.6 Å². The van der Waals surface area contributed by atoms with Gasteiger partial charge in [-0.2, -0.15) is 0 Å². The second-order valence-corrected chi connectivity index (χ2v) is 3.98. The third-order valence-electron chi connectivity index (χ3n) is 2.24. The lowest BCUT2D eigenvalue weighted by molar-refractivity contribution is 0.194. The van der Waals surface area contributed by atoms with Crippen LogP contribution >= 0.6 is 0 Å². The van der Waals surface area contributed by atoms with Gasteiger partial charge in [0.2, 0.25) is 0 Å². The summed E-state index contributed by atoms with van der Waals surface area (Å²) in [7, 11) is 0. The van der Waals surface area contributed by atoms with E-state index in [0.717, 1.165) is 12.0 Å². The van der Waals surface area contributed by atoms with Gasteiger partial charge in [0.25, 0.3) is 0 Å². The van der Waals surface area contributed by atoms with Gasteiger partial charge in [-0.3, -0.25) is 0 Å². The van der Waals surface area contributed by atoms with Crippen molar-refractivity contribution in [3.05, 3.63) is 35.4 Å². The molecule has 0 saturated heterocycles. The Morgan fingerprint density at radius 3 is 2.81 bits per heavy atom. The first-order valence-corrected chi connectivity index (χ1v) is 5.38. The number of carbonyl (C=O) groups is 1. The van der Waals surface area contributed by atoms with E-state index in [1.165, 1.54) is 5.56 Å². The van der Waals surface area contributed by atoms with Gasteiger partial charge in [-0.25, -0.2) is 4.79 Å². The molecule has 4 heteroatoms. The van der Waals surface area contributed by atoms with E-state index in [4.69, 9.17) is 10.8 Å². The molecule has 0 aliphatic carbocycles. The van der Waals surface area contributed by atoms with E-state index in [-0.39, 0.29) is 6.04 Å². The maximum absolute atomic E-state index is 10.3. The molecule has 0 saturated carbocycles. The predicted molar refractivity (Wildman–Crippen MR) is 63.5 cm³/mol. The Balaban J connectivity index is 2.50. The fourth-order valence-corrected chi connectivity index (χ4v) is 1.60. The topological polar surface area (TPSA) is 75.3 Å². The van der Waals surface area contributed by atoms with Crippen LogP contribution in [-0.4, -0.2) is 23.8 Å². The molecular weight excluding hydrogens is 204 g/mol. The van der Waals surface area contributed by atoms with Gasteiger partial charge < -0.3 is 16.2 Å². The maximum Gasteiger partial charge on any atom is 0.404 e. The molecule has 4 N–H and O–H groups in total. The summed E-state index contributed by atoms with van der Waals surface area (Å²) in [5.41, 5.74) is 8.05. The zero-order chi connectivity index (χ0) is 12.0. The molecule has 16 heavy (non-hydrogen) atoms. The van der Waals surface area contributed by atoms with Crippen LogP contribution in [0.1, 0.15) is 18.1 Å². The molecule has 1 rings (SSSR count). The van der Waals surface area contributed by atoms with Crippen LogP contribution < -0.4 is 11.1 Å². The molecule has 0 heterocycles. The monoisotopic (exact) mass is 222 g/mol. The van der Waals surface area contributed by atoms with Crippen molar-refractivity contribution in [2.75, 3.05) is 6.54 Å². The van der Waals surface area contributed by atoms with E-state index in [1.807, 2.05) is 25.1 Å². The fourth-order valence-electron chi connectivity index (χ4n) is 1.60. The molecule has 88 valence electrons. The Morgan fingerprint density at radius 1 is 1.50 bits per heavy atom. The Bertz CT molecular complexity index is 351. The Hall–Kier alpha value is -1.55. The van der Waals surface area contributed by atoms with Crippen LogP contribution in [0.4, 0.5) is 4.79 Å². The highest BCUT2D eigenvalue weighted by Gasteiger charge is 2.00. The van der Waals surface area contributed by atoms with Crippen molar-refractivity contribution < 1.29 is 9.90 Å². The lowest BCUT2D eigenvalue weighted by Gasteiger charge is -2.07. The summed E-state index contributed by atoms with van der Waals surface area (Å²) in [6.07, 6.45) is 0.575. The number of hydrogen-bond acceptors (Lipinski definition) is 2. The van der Waals surface area contributed by atoms with Gasteiger partial charge in [-0.1, -0.05) is 24.3 Å². The molecule has 0 spiro atoms. The van der Waals surface area contributed by atoms with Crippen molar-refractivity contribution >= 4 is 6.09 Å². The molecule has 0 aliphatic rings. The van der Waals surface area contributed by atoms with E-state index < -0.39 is 6.09 Å². The zero-order valence-corrected chi connectivity index (χ0v) is 9.44. The number of amides is 1. The standard InChI is InChI=1S/C12H18N2O2/c1-9(13)7-11-4-2-3-10(8-11)5-6-14-12(15)16/h2-4,8-9,14H,5-7,13H2,1H3,(H,15,16)/t9-/m0/s1. The summed E-state index contributed by atoms with van der Waals surface area (Å²) < 4.78 is 0. The van der Waals surface area contributed by atoms with Crippen molar-refractivity contribution in [3.8, 4) is 0 Å². The molecule has 0 radical (unpaired) electrons. The summed E-state index contributed by atoms with van der Waals surface area (Å²) in [4.78, 5) is 10.3. The summed E-state index contributed by atoms with van der Waals surface area (Å²) in [5.74, 6) is 0. The number of nitrogens with two attached hydrogens (primary N) is 1. The number of rotatable bonds is 5. The Kier molecular flexibility index (Phi) is 4.79.